The van der Waals surface area contributed by atoms with Gasteiger partial charge in [0.15, 0.2) is 12.4 Å². The Balaban J connectivity index is 2.61. The molecule has 0 heterocycles. The number of nitrogens with zero attached hydrogens (tertiary/aromatic N) is 2. The largest absolute Gasteiger partial charge is 0.454 e. The lowest BCUT2D eigenvalue weighted by molar-refractivity contribution is -0.134. The minimum atomic E-state index is -4.29. The van der Waals surface area contributed by atoms with E-state index in [-0.39, 0.29) is 22.1 Å². The lowest BCUT2D eigenvalue weighted by Crippen LogP contribution is -2.34. The Bertz CT molecular complexity index is 1130. The normalized spacial score (nSPS) is 11.2. The molecule has 0 aliphatic heterocycles. The molecule has 204 valence electrons. The molecule has 9 nitrogen and oxygen atoms in total. The van der Waals surface area contributed by atoms with Crippen LogP contribution in [0.25, 0.3) is 0 Å². The molecule has 0 unspecified atom stereocenters. The Labute approximate surface area is 220 Å². The molecule has 0 bridgehead atoms. The van der Waals surface area contributed by atoms with Crippen LogP contribution < -0.4 is 14.8 Å². The van der Waals surface area contributed by atoms with E-state index in [4.69, 9.17) is 14.6 Å². The van der Waals surface area contributed by atoms with Crippen molar-refractivity contribution in [3.8, 4) is 11.5 Å². The fraction of sp³-hybridized carbons (Fsp3) is 0.481. The second-order valence-electron chi connectivity index (χ2n) is 8.62. The number of carbonyl (C=O) groups excluding carboxylic acids is 2. The quantitative estimate of drug-likeness (QED) is 0.333. The molecular weight excluding hydrogens is 494 g/mol. The van der Waals surface area contributed by atoms with Gasteiger partial charge < -0.3 is 19.3 Å². The van der Waals surface area contributed by atoms with E-state index in [1.54, 1.807) is 35.2 Å². The maximum atomic E-state index is 13.0. The van der Waals surface area contributed by atoms with Crippen LogP contribution in [0.3, 0.4) is 0 Å². The first kappa shape index (κ1) is 30.1. The van der Waals surface area contributed by atoms with Crippen molar-refractivity contribution in [1.29, 1.82) is 0 Å². The van der Waals surface area contributed by atoms with E-state index in [0.717, 1.165) is 31.7 Å². The summed E-state index contributed by atoms with van der Waals surface area (Å²) in [6.45, 7) is 9.59. The third kappa shape index (κ3) is 8.75. The highest BCUT2D eigenvalue weighted by atomic mass is 32.2. The van der Waals surface area contributed by atoms with Crippen LogP contribution in [0.1, 0.15) is 63.7 Å². The van der Waals surface area contributed by atoms with Crippen molar-refractivity contribution in [2.45, 2.75) is 58.3 Å². The van der Waals surface area contributed by atoms with E-state index in [0.29, 0.717) is 37.6 Å². The number of sulfonamides is 1. The summed E-state index contributed by atoms with van der Waals surface area (Å²) in [6, 6.07) is 11.5. The fourth-order valence-electron chi connectivity index (χ4n) is 3.79. The van der Waals surface area contributed by atoms with E-state index in [2.05, 4.69) is 13.8 Å². The Morgan fingerprint density at radius 2 is 1.51 bits per heavy atom. The second-order valence-corrected chi connectivity index (χ2v) is 10.1. The molecule has 0 aromatic heterocycles. The summed E-state index contributed by atoms with van der Waals surface area (Å²) in [5, 5.41) is 5.61. The number of amides is 1. The summed E-state index contributed by atoms with van der Waals surface area (Å²) in [5.41, 5.74) is 0.407. The zero-order valence-electron chi connectivity index (χ0n) is 22.2. The number of ether oxygens (including phenoxy) is 2. The van der Waals surface area contributed by atoms with Gasteiger partial charge in [-0.05, 0) is 51.0 Å². The Morgan fingerprint density at radius 1 is 0.919 bits per heavy atom. The number of unbranched alkanes of at least 4 members (excludes halogenated alkanes) is 2. The molecule has 10 heteroatoms. The molecule has 37 heavy (non-hydrogen) atoms. The van der Waals surface area contributed by atoms with Crippen molar-refractivity contribution in [1.82, 2.24) is 4.90 Å². The van der Waals surface area contributed by atoms with Gasteiger partial charge in [-0.3, -0.25) is 4.79 Å². The van der Waals surface area contributed by atoms with Gasteiger partial charge in [-0.15, -0.1) is 0 Å². The molecule has 1 amide bonds. The molecule has 2 N–H and O–H groups in total. The number of likely N-dealkylation sites (N-methyl/N-ethyl adjacent to an activating group) is 1. The molecule has 0 fully saturated rings. The molecule has 0 saturated carbocycles. The van der Waals surface area contributed by atoms with Crippen molar-refractivity contribution >= 4 is 27.6 Å². The van der Waals surface area contributed by atoms with Gasteiger partial charge >= 0.3 is 5.97 Å². The summed E-state index contributed by atoms with van der Waals surface area (Å²) >= 11 is 0. The van der Waals surface area contributed by atoms with Crippen molar-refractivity contribution < 1.29 is 27.5 Å². The molecule has 0 aliphatic rings. The Hall–Kier alpha value is -3.11. The number of benzene rings is 2. The van der Waals surface area contributed by atoms with E-state index >= 15 is 0 Å². The lowest BCUT2D eigenvalue weighted by Gasteiger charge is -2.28. The third-order valence-corrected chi connectivity index (χ3v) is 6.80. The van der Waals surface area contributed by atoms with Gasteiger partial charge in [-0.2, -0.15) is 0 Å². The summed E-state index contributed by atoms with van der Waals surface area (Å²) in [7, 11) is -4.29. The lowest BCUT2D eigenvalue weighted by atomic mass is 10.1. The van der Waals surface area contributed by atoms with E-state index in [1.165, 1.54) is 0 Å². The number of hydrogen-bond donors (Lipinski definition) is 1. The highest BCUT2D eigenvalue weighted by molar-refractivity contribution is 7.89. The number of rotatable bonds is 15. The van der Waals surface area contributed by atoms with Crippen LogP contribution in [0.15, 0.2) is 47.4 Å². The maximum Gasteiger partial charge on any atom is 0.338 e. The summed E-state index contributed by atoms with van der Waals surface area (Å²) in [4.78, 5) is 28.6. The predicted octanol–water partition coefficient (Wildman–Crippen LogP) is 4.56. The van der Waals surface area contributed by atoms with Crippen LogP contribution in [0.4, 0.5) is 5.69 Å². The van der Waals surface area contributed by atoms with E-state index in [1.807, 2.05) is 24.8 Å². The van der Waals surface area contributed by atoms with Crippen molar-refractivity contribution in [3.05, 3.63) is 48.0 Å². The monoisotopic (exact) mass is 533 g/mol. The van der Waals surface area contributed by atoms with Crippen molar-refractivity contribution in [2.24, 2.45) is 5.14 Å². The number of hydrogen-bond acceptors (Lipinski definition) is 7. The molecule has 2 aromatic carbocycles. The zero-order chi connectivity index (χ0) is 27.4. The standard InChI is InChI=1S/C27H39N3O6S/c1-5-9-16-30(17-10-6-2)23-18-21(27(32)35-20-25(31)29(7-3)8-4)19-24(37(28,33)34)26(23)36-22-14-12-11-13-15-22/h11-15,18-19H,5-10,16-17,20H2,1-4H3,(H2,28,33,34). The number of primary sulfonamides is 1. The van der Waals surface area contributed by atoms with Gasteiger partial charge in [0.25, 0.3) is 5.91 Å². The van der Waals surface area contributed by atoms with Crippen LogP contribution >= 0.6 is 0 Å². The topological polar surface area (TPSA) is 119 Å². The Kier molecular flexibility index (Phi) is 11.9. The molecule has 0 saturated heterocycles. The van der Waals surface area contributed by atoms with Gasteiger partial charge in [0.1, 0.15) is 10.6 Å². The predicted molar refractivity (Wildman–Crippen MR) is 145 cm³/mol. The average molecular weight is 534 g/mol. The third-order valence-electron chi connectivity index (χ3n) is 5.89. The van der Waals surface area contributed by atoms with E-state index in [9.17, 15) is 18.0 Å². The molecule has 0 radical (unpaired) electrons. The summed E-state index contributed by atoms with van der Waals surface area (Å²) in [5.74, 6) is -0.665. The molecule has 2 rings (SSSR count). The smallest absolute Gasteiger partial charge is 0.338 e. The number of esters is 1. The average Bonchev–Trinajstić information content (AvgIpc) is 2.88. The van der Waals surface area contributed by atoms with Crippen LogP contribution in [-0.4, -0.2) is 58.0 Å². The summed E-state index contributed by atoms with van der Waals surface area (Å²) in [6.07, 6.45) is 3.56. The molecule has 0 atom stereocenters. The van der Waals surface area contributed by atoms with Crippen LogP contribution in [0.2, 0.25) is 0 Å². The van der Waals surface area contributed by atoms with Gasteiger partial charge in [0.2, 0.25) is 10.0 Å². The minimum Gasteiger partial charge on any atom is -0.454 e. The van der Waals surface area contributed by atoms with Gasteiger partial charge in [-0.1, -0.05) is 44.9 Å². The van der Waals surface area contributed by atoms with Crippen LogP contribution in [-0.2, 0) is 19.6 Å². The van der Waals surface area contributed by atoms with Gasteiger partial charge in [0.05, 0.1) is 11.3 Å². The summed E-state index contributed by atoms with van der Waals surface area (Å²) < 4.78 is 36.8. The minimum absolute atomic E-state index is 0.0234. The molecular formula is C27H39N3O6S. The molecule has 0 spiro atoms. The second kappa shape index (κ2) is 14.6. The Morgan fingerprint density at radius 3 is 2.03 bits per heavy atom. The number of carbonyl (C=O) groups is 2. The SMILES string of the molecule is CCCCN(CCCC)c1cc(C(=O)OCC(=O)N(CC)CC)cc(S(N)(=O)=O)c1Oc1ccccc1. The molecule has 2 aromatic rings. The number of nitrogens with two attached hydrogens (primary N) is 1. The van der Waals surface area contributed by atoms with Crippen LogP contribution in [0.5, 0.6) is 11.5 Å². The van der Waals surface area contributed by atoms with Gasteiger partial charge in [0, 0.05) is 26.2 Å². The number of anilines is 1. The first-order valence-electron chi connectivity index (χ1n) is 12.8. The zero-order valence-corrected chi connectivity index (χ0v) is 23.1. The highest BCUT2D eigenvalue weighted by Gasteiger charge is 2.27. The fourth-order valence-corrected chi connectivity index (χ4v) is 4.49. The molecule has 0 aliphatic carbocycles. The highest BCUT2D eigenvalue weighted by Crippen LogP contribution is 2.40. The first-order chi connectivity index (χ1) is 17.7. The number of para-hydroxylation sites is 1. The van der Waals surface area contributed by atoms with E-state index < -0.39 is 22.6 Å². The first-order valence-corrected chi connectivity index (χ1v) is 14.3. The van der Waals surface area contributed by atoms with Crippen molar-refractivity contribution in [2.75, 3.05) is 37.7 Å². The maximum absolute atomic E-state index is 13.0. The van der Waals surface area contributed by atoms with Crippen LogP contribution in [0, 0.1) is 0 Å². The van der Waals surface area contributed by atoms with Gasteiger partial charge in [-0.25, -0.2) is 18.4 Å². The van der Waals surface area contributed by atoms with Crippen molar-refractivity contribution in [3.63, 3.8) is 0 Å².